The molecule has 4 heteroatoms. The SMILES string of the molecule is CC(C)c1nc(CN(CCO)C2CCCC2)cs1. The highest BCUT2D eigenvalue weighted by Crippen LogP contribution is 2.26. The normalized spacial score (nSPS) is 17.2. The Bertz CT molecular complexity index is 358. The predicted octanol–water partition coefficient (Wildman–Crippen LogP) is 3.00. The Morgan fingerprint density at radius 2 is 2.17 bits per heavy atom. The van der Waals surface area contributed by atoms with Crippen LogP contribution in [0, 0.1) is 0 Å². The van der Waals surface area contributed by atoms with E-state index in [1.165, 1.54) is 36.4 Å². The van der Waals surface area contributed by atoms with E-state index in [1.807, 2.05) is 0 Å². The van der Waals surface area contributed by atoms with Gasteiger partial charge in [-0.25, -0.2) is 4.98 Å². The standard InChI is InChI=1S/C14H24N2OS/c1-11(2)14-15-12(10-18-14)9-16(7-8-17)13-5-3-4-6-13/h10-11,13,17H,3-9H2,1-2H3. The van der Waals surface area contributed by atoms with E-state index in [0.717, 1.165) is 13.1 Å². The van der Waals surface area contributed by atoms with Crippen molar-refractivity contribution in [2.45, 2.75) is 58.0 Å². The first kappa shape index (κ1) is 14.0. The summed E-state index contributed by atoms with van der Waals surface area (Å²) >= 11 is 1.76. The molecule has 1 N–H and O–H groups in total. The lowest BCUT2D eigenvalue weighted by molar-refractivity contribution is 0.143. The van der Waals surface area contributed by atoms with Crippen LogP contribution in [0.3, 0.4) is 0 Å². The van der Waals surface area contributed by atoms with Crippen molar-refractivity contribution in [3.63, 3.8) is 0 Å². The molecule has 0 amide bonds. The van der Waals surface area contributed by atoms with Gasteiger partial charge in [-0.2, -0.15) is 0 Å². The molecule has 0 bridgehead atoms. The highest BCUT2D eigenvalue weighted by molar-refractivity contribution is 7.09. The molecule has 1 fully saturated rings. The summed E-state index contributed by atoms with van der Waals surface area (Å²) in [5, 5.41) is 12.6. The Morgan fingerprint density at radius 1 is 1.44 bits per heavy atom. The van der Waals surface area contributed by atoms with Gasteiger partial charge in [0.25, 0.3) is 0 Å². The lowest BCUT2D eigenvalue weighted by atomic mass is 10.2. The van der Waals surface area contributed by atoms with Crippen LogP contribution in [0.2, 0.25) is 0 Å². The monoisotopic (exact) mass is 268 g/mol. The molecule has 0 atom stereocenters. The minimum atomic E-state index is 0.248. The third-order valence-corrected chi connectivity index (χ3v) is 4.85. The third kappa shape index (κ3) is 3.53. The second kappa shape index (κ2) is 6.64. The number of aliphatic hydroxyl groups excluding tert-OH is 1. The molecule has 18 heavy (non-hydrogen) atoms. The summed E-state index contributed by atoms with van der Waals surface area (Å²) in [6.07, 6.45) is 5.23. The van der Waals surface area contributed by atoms with Crippen LogP contribution in [0.5, 0.6) is 0 Å². The van der Waals surface area contributed by atoms with Crippen LogP contribution in [0.1, 0.15) is 56.2 Å². The maximum absolute atomic E-state index is 9.21. The average molecular weight is 268 g/mol. The zero-order chi connectivity index (χ0) is 13.0. The van der Waals surface area contributed by atoms with E-state index in [1.54, 1.807) is 11.3 Å². The molecule has 1 heterocycles. The molecule has 102 valence electrons. The van der Waals surface area contributed by atoms with Gasteiger partial charge < -0.3 is 5.11 Å². The molecule has 0 aromatic carbocycles. The summed E-state index contributed by atoms with van der Waals surface area (Å²) in [7, 11) is 0. The molecule has 1 aromatic heterocycles. The van der Waals surface area contributed by atoms with E-state index in [2.05, 4.69) is 24.1 Å². The summed E-state index contributed by atoms with van der Waals surface area (Å²) in [4.78, 5) is 7.11. The summed E-state index contributed by atoms with van der Waals surface area (Å²) in [6.45, 7) is 6.29. The van der Waals surface area contributed by atoms with Gasteiger partial charge in [0, 0.05) is 30.4 Å². The van der Waals surface area contributed by atoms with Crippen molar-refractivity contribution in [2.75, 3.05) is 13.2 Å². The number of hydrogen-bond donors (Lipinski definition) is 1. The maximum Gasteiger partial charge on any atom is 0.0954 e. The molecule has 0 radical (unpaired) electrons. The highest BCUT2D eigenvalue weighted by Gasteiger charge is 2.22. The Labute approximate surface area is 114 Å². The maximum atomic E-state index is 9.21. The first-order valence-electron chi connectivity index (χ1n) is 7.00. The van der Waals surface area contributed by atoms with Crippen molar-refractivity contribution in [2.24, 2.45) is 0 Å². The van der Waals surface area contributed by atoms with Gasteiger partial charge in [-0.15, -0.1) is 11.3 Å². The highest BCUT2D eigenvalue weighted by atomic mass is 32.1. The van der Waals surface area contributed by atoms with Crippen LogP contribution in [-0.2, 0) is 6.54 Å². The Hall–Kier alpha value is -0.450. The van der Waals surface area contributed by atoms with E-state index >= 15 is 0 Å². The summed E-state index contributed by atoms with van der Waals surface area (Å²) in [5.41, 5.74) is 1.17. The van der Waals surface area contributed by atoms with Gasteiger partial charge in [-0.1, -0.05) is 26.7 Å². The quantitative estimate of drug-likeness (QED) is 0.861. The van der Waals surface area contributed by atoms with Crippen molar-refractivity contribution in [3.05, 3.63) is 16.1 Å². The Kier molecular flexibility index (Phi) is 5.15. The fourth-order valence-electron chi connectivity index (χ4n) is 2.66. The molecule has 0 unspecified atom stereocenters. The van der Waals surface area contributed by atoms with Gasteiger partial charge in [-0.3, -0.25) is 4.90 Å². The molecule has 0 spiro atoms. The van der Waals surface area contributed by atoms with Gasteiger partial charge in [0.2, 0.25) is 0 Å². The Morgan fingerprint density at radius 3 is 2.72 bits per heavy atom. The van der Waals surface area contributed by atoms with Gasteiger partial charge in [0.1, 0.15) is 0 Å². The summed E-state index contributed by atoms with van der Waals surface area (Å²) in [6, 6.07) is 0.654. The van der Waals surface area contributed by atoms with Crippen LogP contribution in [-0.4, -0.2) is 34.2 Å². The molecule has 3 nitrogen and oxygen atoms in total. The number of rotatable bonds is 6. The van der Waals surface area contributed by atoms with E-state index in [9.17, 15) is 5.11 Å². The van der Waals surface area contributed by atoms with E-state index in [4.69, 9.17) is 4.98 Å². The zero-order valence-corrected chi connectivity index (χ0v) is 12.2. The Balaban J connectivity index is 1.98. The lowest BCUT2D eigenvalue weighted by Crippen LogP contribution is -2.35. The largest absolute Gasteiger partial charge is 0.395 e. The van der Waals surface area contributed by atoms with Gasteiger partial charge in [0.15, 0.2) is 0 Å². The van der Waals surface area contributed by atoms with Gasteiger partial charge in [0.05, 0.1) is 17.3 Å². The number of hydrogen-bond acceptors (Lipinski definition) is 4. The number of aromatic nitrogens is 1. The summed E-state index contributed by atoms with van der Waals surface area (Å²) < 4.78 is 0. The predicted molar refractivity (Wildman–Crippen MR) is 76.0 cm³/mol. The molecule has 1 aliphatic carbocycles. The molecule has 1 aliphatic rings. The molecular formula is C14H24N2OS. The minimum absolute atomic E-state index is 0.248. The lowest BCUT2D eigenvalue weighted by Gasteiger charge is -2.27. The van der Waals surface area contributed by atoms with Crippen molar-refractivity contribution in [1.82, 2.24) is 9.88 Å². The van der Waals surface area contributed by atoms with Gasteiger partial charge >= 0.3 is 0 Å². The van der Waals surface area contributed by atoms with Crippen molar-refractivity contribution in [1.29, 1.82) is 0 Å². The molecule has 0 saturated heterocycles. The number of nitrogens with zero attached hydrogens (tertiary/aromatic N) is 2. The van der Waals surface area contributed by atoms with E-state index in [0.29, 0.717) is 12.0 Å². The molecule has 0 aliphatic heterocycles. The third-order valence-electron chi connectivity index (χ3n) is 3.66. The fourth-order valence-corrected chi connectivity index (χ4v) is 3.48. The molecule has 2 rings (SSSR count). The van der Waals surface area contributed by atoms with Crippen LogP contribution >= 0.6 is 11.3 Å². The second-order valence-electron chi connectivity index (χ2n) is 5.46. The molecular weight excluding hydrogens is 244 g/mol. The zero-order valence-electron chi connectivity index (χ0n) is 11.4. The van der Waals surface area contributed by atoms with Gasteiger partial charge in [-0.05, 0) is 12.8 Å². The second-order valence-corrected chi connectivity index (χ2v) is 6.35. The van der Waals surface area contributed by atoms with E-state index in [-0.39, 0.29) is 6.61 Å². The topological polar surface area (TPSA) is 36.4 Å². The van der Waals surface area contributed by atoms with Crippen molar-refractivity contribution >= 4 is 11.3 Å². The van der Waals surface area contributed by atoms with Crippen molar-refractivity contribution < 1.29 is 5.11 Å². The summed E-state index contributed by atoms with van der Waals surface area (Å²) in [5.74, 6) is 0.515. The van der Waals surface area contributed by atoms with Crippen LogP contribution in [0.4, 0.5) is 0 Å². The van der Waals surface area contributed by atoms with Crippen LogP contribution in [0.25, 0.3) is 0 Å². The smallest absolute Gasteiger partial charge is 0.0954 e. The van der Waals surface area contributed by atoms with Crippen LogP contribution in [0.15, 0.2) is 5.38 Å². The van der Waals surface area contributed by atoms with Crippen LogP contribution < -0.4 is 0 Å². The fraction of sp³-hybridized carbons (Fsp3) is 0.786. The molecule has 1 aromatic rings. The number of thiazole rings is 1. The van der Waals surface area contributed by atoms with E-state index < -0.39 is 0 Å². The average Bonchev–Trinajstić information content (AvgIpc) is 2.99. The van der Waals surface area contributed by atoms with Crippen molar-refractivity contribution in [3.8, 4) is 0 Å². The molecule has 1 saturated carbocycles. The first-order valence-corrected chi connectivity index (χ1v) is 7.88. The number of aliphatic hydroxyl groups is 1. The first-order chi connectivity index (χ1) is 8.70. The minimum Gasteiger partial charge on any atom is -0.395 e.